The van der Waals surface area contributed by atoms with Gasteiger partial charge in [-0.15, -0.1) is 0 Å². The van der Waals surface area contributed by atoms with Crippen molar-refractivity contribution in [2.45, 2.75) is 19.3 Å². The molecule has 6 heteroatoms. The van der Waals surface area contributed by atoms with Crippen molar-refractivity contribution >= 4 is 34.2 Å². The Balaban J connectivity index is 1.83. The first-order chi connectivity index (χ1) is 9.56. The summed E-state index contributed by atoms with van der Waals surface area (Å²) in [6, 6.07) is 8.23. The quantitative estimate of drug-likeness (QED) is 0.734. The van der Waals surface area contributed by atoms with Gasteiger partial charge in [-0.05, 0) is 46.9 Å². The van der Waals surface area contributed by atoms with Gasteiger partial charge < -0.3 is 9.80 Å². The largest absolute Gasteiger partial charge is 0.368 e. The molecule has 20 heavy (non-hydrogen) atoms. The summed E-state index contributed by atoms with van der Waals surface area (Å²) >= 11 is 2.26. The predicted molar refractivity (Wildman–Crippen MR) is 83.2 cm³/mol. The van der Waals surface area contributed by atoms with E-state index in [0.29, 0.717) is 13.1 Å². The SMILES string of the molecule is O=C(CCC(F)F)N1CCN(c2ccc(I)cc2)CC1. The highest BCUT2D eigenvalue weighted by atomic mass is 127. The molecule has 0 N–H and O–H groups in total. The average molecular weight is 394 g/mol. The number of alkyl halides is 2. The van der Waals surface area contributed by atoms with E-state index >= 15 is 0 Å². The van der Waals surface area contributed by atoms with Crippen LogP contribution in [0, 0.1) is 3.57 Å². The smallest absolute Gasteiger partial charge is 0.239 e. The van der Waals surface area contributed by atoms with Crippen molar-refractivity contribution in [2.24, 2.45) is 0 Å². The maximum atomic E-state index is 12.1. The van der Waals surface area contributed by atoms with Gasteiger partial charge in [0.15, 0.2) is 0 Å². The minimum atomic E-state index is -2.40. The van der Waals surface area contributed by atoms with Crippen LogP contribution >= 0.6 is 22.6 Å². The zero-order valence-electron chi connectivity index (χ0n) is 11.1. The van der Waals surface area contributed by atoms with Gasteiger partial charge in [0.2, 0.25) is 12.3 Å². The summed E-state index contributed by atoms with van der Waals surface area (Å²) in [7, 11) is 0. The molecular formula is C14H17F2IN2O. The lowest BCUT2D eigenvalue weighted by Gasteiger charge is -2.36. The molecule has 2 rings (SSSR count). The Bertz CT molecular complexity index is 445. The molecule has 0 unspecified atom stereocenters. The molecule has 1 saturated heterocycles. The van der Waals surface area contributed by atoms with Crippen LogP contribution in [0.5, 0.6) is 0 Å². The molecule has 1 heterocycles. The van der Waals surface area contributed by atoms with Gasteiger partial charge in [0, 0.05) is 48.3 Å². The number of hydrogen-bond acceptors (Lipinski definition) is 2. The number of carbonyl (C=O) groups excluding carboxylic acids is 1. The molecule has 1 aromatic rings. The Morgan fingerprint density at radius 3 is 2.30 bits per heavy atom. The van der Waals surface area contributed by atoms with E-state index < -0.39 is 6.43 Å². The molecule has 0 aromatic heterocycles. The Morgan fingerprint density at radius 2 is 1.75 bits per heavy atom. The Kier molecular flexibility index (Phi) is 5.56. The van der Waals surface area contributed by atoms with Crippen LogP contribution < -0.4 is 4.90 Å². The molecule has 1 aromatic carbocycles. The van der Waals surface area contributed by atoms with Crippen LogP contribution in [0.4, 0.5) is 14.5 Å². The number of amides is 1. The van der Waals surface area contributed by atoms with Crippen LogP contribution in [-0.2, 0) is 4.79 Å². The van der Waals surface area contributed by atoms with Crippen LogP contribution in [0.1, 0.15) is 12.8 Å². The fraction of sp³-hybridized carbons (Fsp3) is 0.500. The van der Waals surface area contributed by atoms with Gasteiger partial charge in [-0.3, -0.25) is 4.79 Å². The Labute approximate surface area is 131 Å². The van der Waals surface area contributed by atoms with E-state index in [1.165, 1.54) is 3.57 Å². The number of piperazine rings is 1. The normalized spacial score (nSPS) is 15.8. The molecule has 110 valence electrons. The van der Waals surface area contributed by atoms with Gasteiger partial charge in [-0.2, -0.15) is 0 Å². The van der Waals surface area contributed by atoms with Gasteiger partial charge in [0.1, 0.15) is 0 Å². The molecule has 1 fully saturated rings. The molecular weight excluding hydrogens is 377 g/mol. The molecule has 0 aliphatic carbocycles. The first-order valence-corrected chi connectivity index (χ1v) is 7.70. The lowest BCUT2D eigenvalue weighted by atomic mass is 10.2. The topological polar surface area (TPSA) is 23.6 Å². The van der Waals surface area contributed by atoms with E-state index in [9.17, 15) is 13.6 Å². The summed E-state index contributed by atoms with van der Waals surface area (Å²) in [6.45, 7) is 2.71. The van der Waals surface area contributed by atoms with Gasteiger partial charge in [0.25, 0.3) is 0 Å². The molecule has 0 saturated carbocycles. The number of halogens is 3. The Hall–Kier alpha value is -0.920. The molecule has 0 radical (unpaired) electrons. The molecule has 0 spiro atoms. The summed E-state index contributed by atoms with van der Waals surface area (Å²) in [5, 5.41) is 0. The molecule has 1 aliphatic heterocycles. The van der Waals surface area contributed by atoms with E-state index in [0.717, 1.165) is 18.8 Å². The van der Waals surface area contributed by atoms with Gasteiger partial charge in [-0.25, -0.2) is 8.78 Å². The van der Waals surface area contributed by atoms with Crippen LogP contribution in [0.3, 0.4) is 0 Å². The Morgan fingerprint density at radius 1 is 1.15 bits per heavy atom. The van der Waals surface area contributed by atoms with Crippen LogP contribution in [0.15, 0.2) is 24.3 Å². The number of nitrogens with zero attached hydrogens (tertiary/aromatic N) is 2. The number of anilines is 1. The van der Waals surface area contributed by atoms with Gasteiger partial charge in [0.05, 0.1) is 0 Å². The maximum absolute atomic E-state index is 12.1. The highest BCUT2D eigenvalue weighted by Crippen LogP contribution is 2.18. The fourth-order valence-corrected chi connectivity index (χ4v) is 2.62. The van der Waals surface area contributed by atoms with Crippen molar-refractivity contribution in [2.75, 3.05) is 31.1 Å². The third-order valence-corrected chi connectivity index (χ3v) is 4.12. The number of hydrogen-bond donors (Lipinski definition) is 0. The second-order valence-corrected chi connectivity index (χ2v) is 6.02. The fourth-order valence-electron chi connectivity index (χ4n) is 2.26. The summed E-state index contributed by atoms with van der Waals surface area (Å²) in [6.07, 6.45) is -2.79. The second kappa shape index (κ2) is 7.19. The predicted octanol–water partition coefficient (Wildman–Crippen LogP) is 2.99. The van der Waals surface area contributed by atoms with Crippen molar-refractivity contribution < 1.29 is 13.6 Å². The second-order valence-electron chi connectivity index (χ2n) is 4.77. The van der Waals surface area contributed by atoms with Gasteiger partial charge >= 0.3 is 0 Å². The van der Waals surface area contributed by atoms with Crippen LogP contribution in [0.2, 0.25) is 0 Å². The van der Waals surface area contributed by atoms with Crippen molar-refractivity contribution in [3.8, 4) is 0 Å². The van der Waals surface area contributed by atoms with E-state index in [2.05, 4.69) is 51.8 Å². The third kappa shape index (κ3) is 4.29. The lowest BCUT2D eigenvalue weighted by molar-refractivity contribution is -0.132. The number of carbonyl (C=O) groups is 1. The van der Waals surface area contributed by atoms with Crippen molar-refractivity contribution in [1.82, 2.24) is 4.90 Å². The van der Waals surface area contributed by atoms with E-state index in [1.807, 2.05) is 0 Å². The van der Waals surface area contributed by atoms with Crippen LogP contribution in [0.25, 0.3) is 0 Å². The zero-order chi connectivity index (χ0) is 14.5. The monoisotopic (exact) mass is 394 g/mol. The standard InChI is InChI=1S/C14H17F2IN2O/c15-13(16)5-6-14(20)19-9-7-18(8-10-19)12-3-1-11(17)2-4-12/h1-4,13H,5-10H2. The minimum absolute atomic E-state index is 0.0544. The molecule has 1 amide bonds. The number of benzene rings is 1. The summed E-state index contributed by atoms with van der Waals surface area (Å²) in [4.78, 5) is 15.7. The van der Waals surface area contributed by atoms with Crippen LogP contribution in [-0.4, -0.2) is 43.4 Å². The van der Waals surface area contributed by atoms with E-state index in [1.54, 1.807) is 4.90 Å². The van der Waals surface area contributed by atoms with E-state index in [-0.39, 0.29) is 18.7 Å². The first-order valence-electron chi connectivity index (χ1n) is 6.62. The highest BCUT2D eigenvalue weighted by molar-refractivity contribution is 14.1. The highest BCUT2D eigenvalue weighted by Gasteiger charge is 2.21. The zero-order valence-corrected chi connectivity index (χ0v) is 13.2. The average Bonchev–Trinajstić information content (AvgIpc) is 2.46. The molecule has 3 nitrogen and oxygen atoms in total. The maximum Gasteiger partial charge on any atom is 0.239 e. The summed E-state index contributed by atoms with van der Waals surface area (Å²) < 4.78 is 25.4. The summed E-state index contributed by atoms with van der Waals surface area (Å²) in [5.74, 6) is -0.160. The van der Waals surface area contributed by atoms with Crippen molar-refractivity contribution in [3.05, 3.63) is 27.8 Å². The lowest BCUT2D eigenvalue weighted by Crippen LogP contribution is -2.48. The van der Waals surface area contributed by atoms with Crippen molar-refractivity contribution in [3.63, 3.8) is 0 Å². The molecule has 0 atom stereocenters. The molecule has 0 bridgehead atoms. The number of rotatable bonds is 4. The minimum Gasteiger partial charge on any atom is -0.368 e. The van der Waals surface area contributed by atoms with Gasteiger partial charge in [-0.1, -0.05) is 0 Å². The van der Waals surface area contributed by atoms with Crippen molar-refractivity contribution in [1.29, 1.82) is 0 Å². The summed E-state index contributed by atoms with van der Waals surface area (Å²) in [5.41, 5.74) is 1.14. The van der Waals surface area contributed by atoms with E-state index in [4.69, 9.17) is 0 Å². The first kappa shape index (κ1) is 15.5. The molecule has 1 aliphatic rings. The third-order valence-electron chi connectivity index (χ3n) is 3.40.